The van der Waals surface area contributed by atoms with E-state index in [-0.39, 0.29) is 0 Å². The van der Waals surface area contributed by atoms with E-state index in [1.54, 1.807) is 41.5 Å². The monoisotopic (exact) mass is 305 g/mol. The van der Waals surface area contributed by atoms with E-state index in [0.29, 0.717) is 0 Å². The van der Waals surface area contributed by atoms with Crippen LogP contribution in [0.25, 0.3) is 0 Å². The first kappa shape index (κ1) is 17.3. The molecule has 116 valence electrons. The summed E-state index contributed by atoms with van der Waals surface area (Å²) in [5.41, 5.74) is -0.658. The Morgan fingerprint density at radius 2 is 1.50 bits per heavy atom. The van der Waals surface area contributed by atoms with E-state index in [0.717, 1.165) is 0 Å². The Labute approximate surface area is 123 Å². The number of carbonyl (C=O) groups is 2. The average Bonchev–Trinajstić information content (AvgIpc) is 2.98. The third kappa shape index (κ3) is 3.86. The average molecular weight is 305 g/mol. The van der Waals surface area contributed by atoms with E-state index in [1.165, 1.54) is 11.4 Å². The lowest BCUT2D eigenvalue weighted by atomic mass is 10.2. The molecule has 6 nitrogen and oxygen atoms in total. The lowest BCUT2D eigenvalue weighted by Gasteiger charge is -2.24. The SMILES string of the molecule is COC(=O)[C@@H]1[C@H](C(=O)OC(C)(C)C)N1[S@@+]([O-])C(C)(C)C. The van der Waals surface area contributed by atoms with Crippen LogP contribution in [0.4, 0.5) is 0 Å². The van der Waals surface area contributed by atoms with E-state index in [9.17, 15) is 14.1 Å². The molecule has 1 unspecified atom stereocenters. The highest BCUT2D eigenvalue weighted by Gasteiger charge is 2.68. The fourth-order valence-corrected chi connectivity index (χ4v) is 3.08. The van der Waals surface area contributed by atoms with Gasteiger partial charge in [0.15, 0.2) is 12.1 Å². The molecule has 0 bridgehead atoms. The van der Waals surface area contributed by atoms with Crippen molar-refractivity contribution >= 4 is 23.3 Å². The Balaban J connectivity index is 2.88. The molecule has 1 fully saturated rings. The lowest BCUT2D eigenvalue weighted by Crippen LogP contribution is -2.37. The van der Waals surface area contributed by atoms with Gasteiger partial charge in [0.25, 0.3) is 0 Å². The Morgan fingerprint density at radius 3 is 1.85 bits per heavy atom. The highest BCUT2D eigenvalue weighted by atomic mass is 32.2. The maximum absolute atomic E-state index is 12.4. The molecule has 4 atom stereocenters. The van der Waals surface area contributed by atoms with E-state index < -0.39 is 45.7 Å². The number of hydrogen-bond acceptors (Lipinski definition) is 6. The maximum atomic E-state index is 12.4. The minimum absolute atomic E-state index is 0.550. The van der Waals surface area contributed by atoms with Gasteiger partial charge < -0.3 is 14.0 Å². The first-order chi connectivity index (χ1) is 8.90. The van der Waals surface area contributed by atoms with Gasteiger partial charge in [-0.05, 0) is 41.5 Å². The largest absolute Gasteiger partial charge is 0.597 e. The Kier molecular flexibility index (Phi) is 4.78. The second kappa shape index (κ2) is 5.54. The molecule has 0 aromatic carbocycles. The predicted octanol–water partition coefficient (Wildman–Crippen LogP) is 1.02. The van der Waals surface area contributed by atoms with Crippen molar-refractivity contribution < 1.29 is 23.6 Å². The standard InChI is InChI=1S/C13H23NO5S/c1-12(2,3)19-11(16)9-8(10(15)18-7)14(9)20(17)13(4,5)6/h8-9H,1-7H3/t8-,9+,14?,20-/m0/s1. The van der Waals surface area contributed by atoms with Crippen LogP contribution in [0.5, 0.6) is 0 Å². The van der Waals surface area contributed by atoms with Crippen LogP contribution in [0, 0.1) is 0 Å². The predicted molar refractivity (Wildman–Crippen MR) is 75.2 cm³/mol. The number of nitrogens with zero attached hydrogens (tertiary/aromatic N) is 1. The van der Waals surface area contributed by atoms with Crippen LogP contribution in [-0.4, -0.2) is 50.3 Å². The molecule has 1 aliphatic heterocycles. The van der Waals surface area contributed by atoms with E-state index in [1.807, 2.05) is 0 Å². The van der Waals surface area contributed by atoms with Crippen LogP contribution in [0.15, 0.2) is 0 Å². The van der Waals surface area contributed by atoms with Gasteiger partial charge in [-0.2, -0.15) is 0 Å². The van der Waals surface area contributed by atoms with Gasteiger partial charge in [-0.1, -0.05) is 4.31 Å². The van der Waals surface area contributed by atoms with E-state index in [2.05, 4.69) is 4.74 Å². The second-order valence-electron chi connectivity index (χ2n) is 6.67. The zero-order valence-electron chi connectivity index (χ0n) is 13.1. The van der Waals surface area contributed by atoms with Gasteiger partial charge in [0.1, 0.15) is 10.3 Å². The van der Waals surface area contributed by atoms with Crippen molar-refractivity contribution in [1.29, 1.82) is 0 Å². The number of ether oxygens (including phenoxy) is 2. The number of rotatable bonds is 3. The summed E-state index contributed by atoms with van der Waals surface area (Å²) in [6, 6.07) is -1.66. The molecule has 1 rings (SSSR count). The molecule has 0 spiro atoms. The van der Waals surface area contributed by atoms with Crippen molar-refractivity contribution in [3.63, 3.8) is 0 Å². The molecule has 0 aromatic heterocycles. The summed E-state index contributed by atoms with van der Waals surface area (Å²) >= 11 is -1.48. The van der Waals surface area contributed by atoms with Crippen molar-refractivity contribution in [3.05, 3.63) is 0 Å². The summed E-state index contributed by atoms with van der Waals surface area (Å²) in [6.07, 6.45) is 0. The van der Waals surface area contributed by atoms with E-state index in [4.69, 9.17) is 4.74 Å². The molecule has 0 aromatic rings. The normalized spacial score (nSPS) is 27.7. The topological polar surface area (TPSA) is 78.7 Å². The van der Waals surface area contributed by atoms with Crippen molar-refractivity contribution in [1.82, 2.24) is 4.31 Å². The molecular formula is C13H23NO5S. The minimum atomic E-state index is -1.48. The maximum Gasteiger partial charge on any atom is 0.331 e. The number of methoxy groups -OCH3 is 1. The zero-order chi connectivity index (χ0) is 15.9. The summed E-state index contributed by atoms with van der Waals surface area (Å²) < 4.78 is 23.1. The number of hydrogen-bond donors (Lipinski definition) is 0. The molecule has 0 saturated carbocycles. The van der Waals surface area contributed by atoms with Gasteiger partial charge in [0.05, 0.1) is 7.11 Å². The van der Waals surface area contributed by atoms with E-state index >= 15 is 0 Å². The van der Waals surface area contributed by atoms with Crippen molar-refractivity contribution in [2.24, 2.45) is 0 Å². The Morgan fingerprint density at radius 1 is 1.05 bits per heavy atom. The van der Waals surface area contributed by atoms with Crippen LogP contribution in [0.2, 0.25) is 0 Å². The first-order valence-electron chi connectivity index (χ1n) is 6.41. The molecule has 0 amide bonds. The molecule has 1 heterocycles. The summed E-state index contributed by atoms with van der Waals surface area (Å²) in [5, 5.41) is 0. The highest BCUT2D eigenvalue weighted by Crippen LogP contribution is 2.39. The fraction of sp³-hybridized carbons (Fsp3) is 0.846. The van der Waals surface area contributed by atoms with Crippen LogP contribution in [0.1, 0.15) is 41.5 Å². The molecule has 1 aliphatic rings. The smallest absolute Gasteiger partial charge is 0.331 e. The third-order valence-corrected chi connectivity index (χ3v) is 4.45. The van der Waals surface area contributed by atoms with Crippen molar-refractivity contribution in [3.8, 4) is 0 Å². The van der Waals surface area contributed by atoms with Crippen molar-refractivity contribution in [2.75, 3.05) is 7.11 Å². The molecule has 0 aliphatic carbocycles. The molecular weight excluding hydrogens is 282 g/mol. The molecule has 0 radical (unpaired) electrons. The quantitative estimate of drug-likeness (QED) is 0.440. The summed E-state index contributed by atoms with van der Waals surface area (Å²) in [4.78, 5) is 23.8. The molecule has 7 heteroatoms. The van der Waals surface area contributed by atoms with Gasteiger partial charge in [0, 0.05) is 11.4 Å². The third-order valence-electron chi connectivity index (χ3n) is 2.56. The fourth-order valence-electron chi connectivity index (χ4n) is 1.68. The summed E-state index contributed by atoms with van der Waals surface area (Å²) in [5.74, 6) is -1.12. The van der Waals surface area contributed by atoms with Gasteiger partial charge in [-0.3, -0.25) is 9.59 Å². The Hall–Kier alpha value is -0.790. The summed E-state index contributed by atoms with van der Waals surface area (Å²) in [7, 11) is 1.24. The molecule has 1 saturated heterocycles. The Bertz CT molecular complexity index is 399. The van der Waals surface area contributed by atoms with Crippen LogP contribution in [-0.2, 0) is 30.4 Å². The van der Waals surface area contributed by atoms with Crippen LogP contribution < -0.4 is 0 Å². The second-order valence-corrected chi connectivity index (χ2v) is 8.81. The van der Waals surface area contributed by atoms with Gasteiger partial charge in [-0.15, -0.1) is 0 Å². The first-order valence-corrected chi connectivity index (χ1v) is 7.52. The highest BCUT2D eigenvalue weighted by molar-refractivity contribution is 7.90. The van der Waals surface area contributed by atoms with Gasteiger partial charge in [-0.25, -0.2) is 0 Å². The number of carbonyl (C=O) groups excluding carboxylic acids is 2. The van der Waals surface area contributed by atoms with Gasteiger partial charge in [0.2, 0.25) is 0 Å². The molecule has 0 N–H and O–H groups in total. The van der Waals surface area contributed by atoms with Gasteiger partial charge >= 0.3 is 11.9 Å². The zero-order valence-corrected chi connectivity index (χ0v) is 13.9. The van der Waals surface area contributed by atoms with Crippen LogP contribution >= 0.6 is 0 Å². The minimum Gasteiger partial charge on any atom is -0.597 e. The van der Waals surface area contributed by atoms with Crippen molar-refractivity contribution in [2.45, 2.75) is 64.0 Å². The molecule has 20 heavy (non-hydrogen) atoms. The van der Waals surface area contributed by atoms with Crippen LogP contribution in [0.3, 0.4) is 0 Å². The summed E-state index contributed by atoms with van der Waals surface area (Å²) in [6.45, 7) is 10.6. The lowest BCUT2D eigenvalue weighted by molar-refractivity contribution is -0.155. The number of esters is 2.